The second kappa shape index (κ2) is 6.04. The molecule has 19 heavy (non-hydrogen) atoms. The molecule has 1 aliphatic carbocycles. The van der Waals surface area contributed by atoms with Crippen LogP contribution in [0.5, 0.6) is 0 Å². The standard InChI is InChI=1S/C13H22N2O4/c1-13(2,3)12(19)14-7-10(16)15-9-5-4-8(6-9)11(17)18/h8-9H,4-7H2,1-3H3,(H,14,19)(H,15,16)(H,17,18). The van der Waals surface area contributed by atoms with Crippen molar-refractivity contribution in [1.29, 1.82) is 0 Å². The Labute approximate surface area is 112 Å². The van der Waals surface area contributed by atoms with Gasteiger partial charge in [0.1, 0.15) is 0 Å². The van der Waals surface area contributed by atoms with Crippen LogP contribution in [0.15, 0.2) is 0 Å². The molecule has 1 fully saturated rings. The second-order valence-electron chi connectivity index (χ2n) is 6.05. The van der Waals surface area contributed by atoms with Gasteiger partial charge in [0, 0.05) is 11.5 Å². The normalized spacial score (nSPS) is 22.9. The fraction of sp³-hybridized carbons (Fsp3) is 0.769. The lowest BCUT2D eigenvalue weighted by atomic mass is 9.96. The largest absolute Gasteiger partial charge is 0.481 e. The van der Waals surface area contributed by atoms with Crippen LogP contribution in [-0.2, 0) is 14.4 Å². The minimum Gasteiger partial charge on any atom is -0.481 e. The molecule has 0 saturated heterocycles. The molecule has 0 spiro atoms. The van der Waals surface area contributed by atoms with Crippen LogP contribution in [0.2, 0.25) is 0 Å². The van der Waals surface area contributed by atoms with Crippen molar-refractivity contribution in [1.82, 2.24) is 10.6 Å². The monoisotopic (exact) mass is 270 g/mol. The highest BCUT2D eigenvalue weighted by atomic mass is 16.4. The van der Waals surface area contributed by atoms with E-state index in [1.165, 1.54) is 0 Å². The van der Waals surface area contributed by atoms with Crippen molar-refractivity contribution in [2.75, 3.05) is 6.54 Å². The fourth-order valence-electron chi connectivity index (χ4n) is 2.04. The van der Waals surface area contributed by atoms with Crippen molar-refractivity contribution in [2.45, 2.75) is 46.1 Å². The van der Waals surface area contributed by atoms with Crippen molar-refractivity contribution in [3.05, 3.63) is 0 Å². The van der Waals surface area contributed by atoms with Gasteiger partial charge in [0.05, 0.1) is 12.5 Å². The van der Waals surface area contributed by atoms with E-state index in [0.717, 1.165) is 0 Å². The van der Waals surface area contributed by atoms with Crippen LogP contribution in [0.3, 0.4) is 0 Å². The van der Waals surface area contributed by atoms with Crippen LogP contribution in [0.4, 0.5) is 0 Å². The highest BCUT2D eigenvalue weighted by Crippen LogP contribution is 2.25. The molecule has 0 aromatic carbocycles. The molecule has 2 amide bonds. The van der Waals surface area contributed by atoms with E-state index in [-0.39, 0.29) is 30.3 Å². The van der Waals surface area contributed by atoms with Gasteiger partial charge < -0.3 is 15.7 Å². The third-order valence-corrected chi connectivity index (χ3v) is 3.24. The SMILES string of the molecule is CC(C)(C)C(=O)NCC(=O)NC1CCC(C(=O)O)C1. The number of carboxylic acids is 1. The zero-order chi connectivity index (χ0) is 14.6. The van der Waals surface area contributed by atoms with E-state index in [9.17, 15) is 14.4 Å². The maximum atomic E-state index is 11.6. The predicted octanol–water partition coefficient (Wildman–Crippen LogP) is 0.518. The molecule has 2 unspecified atom stereocenters. The number of hydrogen-bond donors (Lipinski definition) is 3. The smallest absolute Gasteiger partial charge is 0.306 e. The Morgan fingerprint density at radius 2 is 1.84 bits per heavy atom. The Morgan fingerprint density at radius 1 is 1.21 bits per heavy atom. The number of carboxylic acid groups (broad SMARTS) is 1. The van der Waals surface area contributed by atoms with E-state index in [0.29, 0.717) is 19.3 Å². The molecule has 108 valence electrons. The summed E-state index contributed by atoms with van der Waals surface area (Å²) in [5.41, 5.74) is -0.526. The molecule has 1 aliphatic rings. The van der Waals surface area contributed by atoms with Crippen LogP contribution >= 0.6 is 0 Å². The van der Waals surface area contributed by atoms with Gasteiger partial charge in [-0.3, -0.25) is 14.4 Å². The van der Waals surface area contributed by atoms with Crippen LogP contribution in [0, 0.1) is 11.3 Å². The summed E-state index contributed by atoms with van der Waals surface area (Å²) in [7, 11) is 0. The highest BCUT2D eigenvalue weighted by Gasteiger charge is 2.30. The first-order chi connectivity index (χ1) is 8.70. The van der Waals surface area contributed by atoms with Gasteiger partial charge in [-0.25, -0.2) is 0 Å². The van der Waals surface area contributed by atoms with Gasteiger partial charge in [0.25, 0.3) is 0 Å². The molecule has 3 N–H and O–H groups in total. The fourth-order valence-corrected chi connectivity index (χ4v) is 2.04. The molecule has 1 saturated carbocycles. The molecular weight excluding hydrogens is 248 g/mol. The summed E-state index contributed by atoms with van der Waals surface area (Å²) in [6, 6.07) is -0.0971. The van der Waals surface area contributed by atoms with Crippen LogP contribution in [0.1, 0.15) is 40.0 Å². The van der Waals surface area contributed by atoms with E-state index in [1.54, 1.807) is 20.8 Å². The highest BCUT2D eigenvalue weighted by molar-refractivity contribution is 5.87. The van der Waals surface area contributed by atoms with Gasteiger partial charge in [-0.05, 0) is 19.3 Å². The number of carbonyl (C=O) groups is 3. The summed E-state index contributed by atoms with van der Waals surface area (Å²) in [5.74, 6) is -1.63. The molecule has 0 heterocycles. The average Bonchev–Trinajstić information content (AvgIpc) is 2.73. The summed E-state index contributed by atoms with van der Waals surface area (Å²) in [5, 5.41) is 14.2. The van der Waals surface area contributed by atoms with Crippen LogP contribution in [0.25, 0.3) is 0 Å². The van der Waals surface area contributed by atoms with E-state index in [2.05, 4.69) is 10.6 Å². The number of rotatable bonds is 4. The van der Waals surface area contributed by atoms with Crippen molar-refractivity contribution < 1.29 is 19.5 Å². The Bertz CT molecular complexity index is 373. The zero-order valence-electron chi connectivity index (χ0n) is 11.7. The average molecular weight is 270 g/mol. The minimum atomic E-state index is -0.808. The van der Waals surface area contributed by atoms with Crippen LogP contribution < -0.4 is 10.6 Å². The molecule has 0 bridgehead atoms. The third-order valence-electron chi connectivity index (χ3n) is 3.24. The number of amides is 2. The third kappa shape index (κ3) is 4.89. The van der Waals surface area contributed by atoms with Crippen molar-refractivity contribution in [3.8, 4) is 0 Å². The van der Waals surface area contributed by atoms with Gasteiger partial charge in [0.2, 0.25) is 11.8 Å². The van der Waals surface area contributed by atoms with Gasteiger partial charge in [-0.1, -0.05) is 20.8 Å². The molecule has 6 nitrogen and oxygen atoms in total. The predicted molar refractivity (Wildman–Crippen MR) is 69.4 cm³/mol. The van der Waals surface area contributed by atoms with Crippen LogP contribution in [-0.4, -0.2) is 35.5 Å². The van der Waals surface area contributed by atoms with Gasteiger partial charge in [0.15, 0.2) is 0 Å². The summed E-state index contributed by atoms with van der Waals surface area (Å²) < 4.78 is 0. The first kappa shape index (κ1) is 15.5. The van der Waals surface area contributed by atoms with E-state index in [4.69, 9.17) is 5.11 Å². The number of nitrogens with one attached hydrogen (secondary N) is 2. The van der Waals surface area contributed by atoms with Crippen molar-refractivity contribution in [2.24, 2.45) is 11.3 Å². The van der Waals surface area contributed by atoms with E-state index < -0.39 is 11.4 Å². The molecule has 0 aliphatic heterocycles. The Balaban J connectivity index is 2.29. The molecule has 2 atom stereocenters. The van der Waals surface area contributed by atoms with Gasteiger partial charge in [-0.2, -0.15) is 0 Å². The maximum Gasteiger partial charge on any atom is 0.306 e. The summed E-state index contributed by atoms with van der Waals surface area (Å²) >= 11 is 0. The quantitative estimate of drug-likeness (QED) is 0.694. The Kier molecular flexibility index (Phi) is 4.91. The molecule has 6 heteroatoms. The van der Waals surface area contributed by atoms with Crippen molar-refractivity contribution in [3.63, 3.8) is 0 Å². The topological polar surface area (TPSA) is 95.5 Å². The lowest BCUT2D eigenvalue weighted by Crippen LogP contribution is -2.44. The first-order valence-electron chi connectivity index (χ1n) is 6.50. The summed E-state index contributed by atoms with van der Waals surface area (Å²) in [4.78, 5) is 34.0. The molecule has 1 rings (SSSR count). The van der Waals surface area contributed by atoms with E-state index in [1.807, 2.05) is 0 Å². The lowest BCUT2D eigenvalue weighted by molar-refractivity contribution is -0.141. The van der Waals surface area contributed by atoms with Crippen molar-refractivity contribution >= 4 is 17.8 Å². The molecule has 0 aromatic heterocycles. The molecule has 0 aromatic rings. The van der Waals surface area contributed by atoms with Gasteiger partial charge in [-0.15, -0.1) is 0 Å². The molecular formula is C13H22N2O4. The second-order valence-corrected chi connectivity index (χ2v) is 6.05. The number of aliphatic carboxylic acids is 1. The summed E-state index contributed by atoms with van der Waals surface area (Å²) in [6.45, 7) is 5.25. The summed E-state index contributed by atoms with van der Waals surface area (Å²) in [6.07, 6.45) is 1.73. The maximum absolute atomic E-state index is 11.6. The lowest BCUT2D eigenvalue weighted by Gasteiger charge is -2.18. The Morgan fingerprint density at radius 3 is 2.32 bits per heavy atom. The number of hydrogen-bond acceptors (Lipinski definition) is 3. The van der Waals surface area contributed by atoms with E-state index >= 15 is 0 Å². The number of carbonyl (C=O) groups excluding carboxylic acids is 2. The first-order valence-corrected chi connectivity index (χ1v) is 6.50. The minimum absolute atomic E-state index is 0.0651. The Hall–Kier alpha value is -1.59. The zero-order valence-corrected chi connectivity index (χ0v) is 11.7. The molecule has 0 radical (unpaired) electrons. The van der Waals surface area contributed by atoms with Gasteiger partial charge >= 0.3 is 5.97 Å².